The number of hydrogen-bond donors (Lipinski definition) is 0. The Labute approximate surface area is 95.1 Å². The summed E-state index contributed by atoms with van der Waals surface area (Å²) in [5.74, 6) is 0. The van der Waals surface area contributed by atoms with E-state index in [0.717, 1.165) is 18.7 Å². The van der Waals surface area contributed by atoms with Gasteiger partial charge in [0.25, 0.3) is 0 Å². The molecule has 15 heavy (non-hydrogen) atoms. The van der Waals surface area contributed by atoms with E-state index in [1.807, 2.05) is 19.1 Å². The van der Waals surface area contributed by atoms with Gasteiger partial charge in [-0.3, -0.25) is 0 Å². The molecule has 0 aromatic heterocycles. The Bertz CT molecular complexity index is 414. The van der Waals surface area contributed by atoms with E-state index in [1.54, 1.807) is 0 Å². The van der Waals surface area contributed by atoms with Gasteiger partial charge in [-0.15, -0.1) is 0 Å². The smallest absolute Gasteiger partial charge is 0.101 e. The number of nitrogens with zero attached hydrogens (tertiary/aromatic N) is 2. The lowest BCUT2D eigenvalue weighted by atomic mass is 10.1. The van der Waals surface area contributed by atoms with E-state index in [0.29, 0.717) is 10.6 Å². The van der Waals surface area contributed by atoms with Gasteiger partial charge in [-0.25, -0.2) is 0 Å². The molecule has 0 spiro atoms. The SMILES string of the molecule is Cc1c(N2CCCC2)ccc(C#N)c1Cl. The average Bonchev–Trinajstić information content (AvgIpc) is 2.75. The van der Waals surface area contributed by atoms with Crippen molar-refractivity contribution in [2.45, 2.75) is 19.8 Å². The molecule has 1 heterocycles. The van der Waals surface area contributed by atoms with E-state index < -0.39 is 0 Å². The maximum absolute atomic E-state index is 8.85. The largest absolute Gasteiger partial charge is 0.371 e. The number of hydrogen-bond acceptors (Lipinski definition) is 2. The fourth-order valence-corrected chi connectivity index (χ4v) is 2.26. The lowest BCUT2D eigenvalue weighted by Crippen LogP contribution is -2.18. The van der Waals surface area contributed by atoms with Crippen LogP contribution in [0.25, 0.3) is 0 Å². The number of benzene rings is 1. The van der Waals surface area contributed by atoms with Crippen molar-refractivity contribution in [3.8, 4) is 6.07 Å². The van der Waals surface area contributed by atoms with Gasteiger partial charge in [0.15, 0.2) is 0 Å². The molecule has 0 atom stereocenters. The van der Waals surface area contributed by atoms with Crippen LogP contribution in [0, 0.1) is 18.3 Å². The molecule has 1 saturated heterocycles. The lowest BCUT2D eigenvalue weighted by molar-refractivity contribution is 0.949. The fraction of sp³-hybridized carbons (Fsp3) is 0.417. The van der Waals surface area contributed by atoms with Crippen LogP contribution in [0.2, 0.25) is 5.02 Å². The second kappa shape index (κ2) is 4.12. The second-order valence-corrected chi connectivity index (χ2v) is 4.26. The summed E-state index contributed by atoms with van der Waals surface area (Å²) in [5, 5.41) is 9.45. The second-order valence-electron chi connectivity index (χ2n) is 3.88. The first kappa shape index (κ1) is 10.3. The van der Waals surface area contributed by atoms with Crippen molar-refractivity contribution in [1.29, 1.82) is 5.26 Å². The molecule has 1 aliphatic rings. The van der Waals surface area contributed by atoms with Crippen molar-refractivity contribution in [3.05, 3.63) is 28.3 Å². The quantitative estimate of drug-likeness (QED) is 0.727. The average molecular weight is 221 g/mol. The van der Waals surface area contributed by atoms with Crippen LogP contribution in [-0.4, -0.2) is 13.1 Å². The van der Waals surface area contributed by atoms with Crippen LogP contribution in [0.15, 0.2) is 12.1 Å². The normalized spacial score (nSPS) is 15.4. The van der Waals surface area contributed by atoms with Gasteiger partial charge in [-0.2, -0.15) is 5.26 Å². The molecule has 0 saturated carbocycles. The zero-order valence-corrected chi connectivity index (χ0v) is 9.51. The highest BCUT2D eigenvalue weighted by atomic mass is 35.5. The monoisotopic (exact) mass is 220 g/mol. The Kier molecular flexibility index (Phi) is 2.83. The Balaban J connectivity index is 2.42. The first-order chi connectivity index (χ1) is 7.24. The van der Waals surface area contributed by atoms with Gasteiger partial charge in [0.2, 0.25) is 0 Å². The molecule has 0 bridgehead atoms. The summed E-state index contributed by atoms with van der Waals surface area (Å²) < 4.78 is 0. The summed E-state index contributed by atoms with van der Waals surface area (Å²) in [6.45, 7) is 4.18. The molecule has 0 aliphatic carbocycles. The molecule has 1 aromatic carbocycles. The van der Waals surface area contributed by atoms with Gasteiger partial charge in [0, 0.05) is 18.8 Å². The van der Waals surface area contributed by atoms with Crippen LogP contribution < -0.4 is 4.90 Å². The number of rotatable bonds is 1. The molecular weight excluding hydrogens is 208 g/mol. The topological polar surface area (TPSA) is 27.0 Å². The summed E-state index contributed by atoms with van der Waals surface area (Å²) in [6.07, 6.45) is 2.49. The van der Waals surface area contributed by atoms with Gasteiger partial charge in [-0.05, 0) is 37.5 Å². The zero-order chi connectivity index (χ0) is 10.8. The van der Waals surface area contributed by atoms with E-state index >= 15 is 0 Å². The number of halogens is 1. The molecule has 1 fully saturated rings. The Morgan fingerprint density at radius 3 is 2.60 bits per heavy atom. The summed E-state index contributed by atoms with van der Waals surface area (Å²) in [7, 11) is 0. The highest BCUT2D eigenvalue weighted by molar-refractivity contribution is 6.32. The Morgan fingerprint density at radius 2 is 2.00 bits per heavy atom. The molecule has 1 aliphatic heterocycles. The highest BCUT2D eigenvalue weighted by Gasteiger charge is 2.16. The minimum atomic E-state index is 0.567. The Morgan fingerprint density at radius 1 is 1.33 bits per heavy atom. The van der Waals surface area contributed by atoms with Crippen molar-refractivity contribution in [1.82, 2.24) is 0 Å². The predicted molar refractivity (Wildman–Crippen MR) is 62.4 cm³/mol. The molecule has 0 amide bonds. The van der Waals surface area contributed by atoms with Crippen molar-refractivity contribution >= 4 is 17.3 Å². The highest BCUT2D eigenvalue weighted by Crippen LogP contribution is 2.31. The molecule has 78 valence electrons. The van der Waals surface area contributed by atoms with Crippen molar-refractivity contribution in [2.75, 3.05) is 18.0 Å². The van der Waals surface area contributed by atoms with Crippen LogP contribution >= 0.6 is 11.6 Å². The van der Waals surface area contributed by atoms with Crippen molar-refractivity contribution < 1.29 is 0 Å². The third-order valence-corrected chi connectivity index (χ3v) is 3.41. The summed E-state index contributed by atoms with van der Waals surface area (Å²) in [5.41, 5.74) is 2.77. The molecule has 2 nitrogen and oxygen atoms in total. The first-order valence-electron chi connectivity index (χ1n) is 5.18. The third-order valence-electron chi connectivity index (χ3n) is 2.92. The molecule has 0 N–H and O–H groups in total. The van der Waals surface area contributed by atoms with E-state index in [4.69, 9.17) is 16.9 Å². The first-order valence-corrected chi connectivity index (χ1v) is 5.56. The minimum Gasteiger partial charge on any atom is -0.371 e. The van der Waals surface area contributed by atoms with Crippen LogP contribution in [0.3, 0.4) is 0 Å². The lowest BCUT2D eigenvalue weighted by Gasteiger charge is -2.20. The van der Waals surface area contributed by atoms with Crippen LogP contribution in [0.4, 0.5) is 5.69 Å². The molecule has 1 aromatic rings. The van der Waals surface area contributed by atoms with Crippen molar-refractivity contribution in [3.63, 3.8) is 0 Å². The summed E-state index contributed by atoms with van der Waals surface area (Å²) in [6, 6.07) is 5.92. The zero-order valence-electron chi connectivity index (χ0n) is 8.76. The standard InChI is InChI=1S/C12H13ClN2/c1-9-11(15-6-2-3-7-15)5-4-10(8-14)12(9)13/h4-5H,2-3,6-7H2,1H3. The summed E-state index contributed by atoms with van der Waals surface area (Å²) in [4.78, 5) is 2.34. The predicted octanol–water partition coefficient (Wildman–Crippen LogP) is 3.12. The van der Waals surface area contributed by atoms with Gasteiger partial charge < -0.3 is 4.90 Å². The fourth-order valence-electron chi connectivity index (χ4n) is 2.06. The van der Waals surface area contributed by atoms with Gasteiger partial charge in [0.05, 0.1) is 10.6 Å². The molecule has 3 heteroatoms. The number of nitriles is 1. The van der Waals surface area contributed by atoms with E-state index in [9.17, 15) is 0 Å². The maximum Gasteiger partial charge on any atom is 0.101 e. The van der Waals surface area contributed by atoms with Gasteiger partial charge in [0.1, 0.15) is 6.07 Å². The molecule has 0 unspecified atom stereocenters. The Hall–Kier alpha value is -1.20. The molecule has 2 rings (SSSR count). The number of anilines is 1. The third kappa shape index (κ3) is 1.80. The maximum atomic E-state index is 8.85. The minimum absolute atomic E-state index is 0.567. The van der Waals surface area contributed by atoms with Gasteiger partial charge in [-0.1, -0.05) is 11.6 Å². The van der Waals surface area contributed by atoms with Gasteiger partial charge >= 0.3 is 0 Å². The van der Waals surface area contributed by atoms with E-state index in [2.05, 4.69) is 11.0 Å². The molecule has 0 radical (unpaired) electrons. The summed E-state index contributed by atoms with van der Waals surface area (Å²) >= 11 is 6.13. The molecular formula is C12H13ClN2. The van der Waals surface area contributed by atoms with Crippen molar-refractivity contribution in [2.24, 2.45) is 0 Å². The van der Waals surface area contributed by atoms with Crippen LogP contribution in [0.1, 0.15) is 24.0 Å². The van der Waals surface area contributed by atoms with E-state index in [-0.39, 0.29) is 0 Å². The van der Waals surface area contributed by atoms with Crippen LogP contribution in [-0.2, 0) is 0 Å². The van der Waals surface area contributed by atoms with E-state index in [1.165, 1.54) is 18.5 Å². The van der Waals surface area contributed by atoms with Crippen LogP contribution in [0.5, 0.6) is 0 Å².